The number of nitrogens with zero attached hydrogens (tertiary/aromatic N) is 1. The van der Waals surface area contributed by atoms with Crippen molar-refractivity contribution in [3.8, 4) is 5.75 Å². The Balaban J connectivity index is 1.42. The molecule has 4 rings (SSSR count). The number of carbonyl (C=O) groups excluding carboxylic acids is 3. The zero-order valence-corrected chi connectivity index (χ0v) is 24.0. The fraction of sp³-hybridized carbons (Fsp3) is 0.300. The molecule has 0 bridgehead atoms. The molecule has 1 unspecified atom stereocenters. The standard InChI is InChI=1S/C30H33N3O7S/c1-20-8-4-5-12-25(20)31-30(36)32-26-14-13-21(16-27(26)39-2)17-28(34)33-15-7-10-23(33)19-41(37,38)24-11-6-9-22(18-24)29(35)40-3/h4-6,8-9,11-14,16,18,23H,7,10,15,17,19H2,1-3H3,(H2,31,32,36). The first-order chi connectivity index (χ1) is 19.6. The van der Waals surface area contributed by atoms with Crippen molar-refractivity contribution in [2.45, 2.75) is 37.1 Å². The topological polar surface area (TPSA) is 131 Å². The summed E-state index contributed by atoms with van der Waals surface area (Å²) in [6.45, 7) is 2.35. The van der Waals surface area contributed by atoms with Crippen LogP contribution in [-0.2, 0) is 25.8 Å². The van der Waals surface area contributed by atoms with Gasteiger partial charge in [0.25, 0.3) is 0 Å². The van der Waals surface area contributed by atoms with E-state index < -0.39 is 27.9 Å². The zero-order valence-electron chi connectivity index (χ0n) is 23.2. The number of esters is 1. The number of likely N-dealkylation sites (tertiary alicyclic amines) is 1. The summed E-state index contributed by atoms with van der Waals surface area (Å²) in [6.07, 6.45) is 1.29. The molecule has 3 amide bonds. The molecule has 0 aromatic heterocycles. The number of aryl methyl sites for hydroxylation is 1. The lowest BCUT2D eigenvalue weighted by Gasteiger charge is -2.25. The van der Waals surface area contributed by atoms with Crippen molar-refractivity contribution in [3.63, 3.8) is 0 Å². The highest BCUT2D eigenvalue weighted by atomic mass is 32.2. The van der Waals surface area contributed by atoms with E-state index in [9.17, 15) is 22.8 Å². The van der Waals surface area contributed by atoms with Gasteiger partial charge in [-0.15, -0.1) is 0 Å². The largest absolute Gasteiger partial charge is 0.495 e. The van der Waals surface area contributed by atoms with Crippen LogP contribution < -0.4 is 15.4 Å². The number of sulfone groups is 1. The highest BCUT2D eigenvalue weighted by molar-refractivity contribution is 7.91. The summed E-state index contributed by atoms with van der Waals surface area (Å²) in [6, 6.07) is 17.3. The van der Waals surface area contributed by atoms with Crippen LogP contribution in [-0.4, -0.2) is 63.8 Å². The van der Waals surface area contributed by atoms with Gasteiger partial charge in [0.05, 0.1) is 42.5 Å². The van der Waals surface area contributed by atoms with Crippen molar-refractivity contribution in [2.75, 3.05) is 37.2 Å². The molecule has 0 aliphatic carbocycles. The number of hydrogen-bond acceptors (Lipinski definition) is 7. The maximum atomic E-state index is 13.3. The molecule has 41 heavy (non-hydrogen) atoms. The number of carbonyl (C=O) groups is 3. The van der Waals surface area contributed by atoms with Gasteiger partial charge >= 0.3 is 12.0 Å². The first-order valence-corrected chi connectivity index (χ1v) is 14.8. The minimum atomic E-state index is -3.77. The zero-order chi connectivity index (χ0) is 29.6. The molecule has 3 aromatic carbocycles. The Hall–Kier alpha value is -4.38. The molecular weight excluding hydrogens is 546 g/mol. The van der Waals surface area contributed by atoms with E-state index >= 15 is 0 Å². The van der Waals surface area contributed by atoms with E-state index in [-0.39, 0.29) is 28.5 Å². The van der Waals surface area contributed by atoms with Gasteiger partial charge in [-0.05, 0) is 67.3 Å². The summed E-state index contributed by atoms with van der Waals surface area (Å²) in [5.74, 6) is -0.679. The molecule has 1 aliphatic heterocycles. The van der Waals surface area contributed by atoms with Crippen molar-refractivity contribution >= 4 is 39.1 Å². The van der Waals surface area contributed by atoms with Gasteiger partial charge in [-0.3, -0.25) is 4.79 Å². The molecule has 1 heterocycles. The van der Waals surface area contributed by atoms with E-state index in [2.05, 4.69) is 10.6 Å². The number of methoxy groups -OCH3 is 2. The van der Waals surface area contributed by atoms with Gasteiger partial charge in [0.15, 0.2) is 9.84 Å². The number of para-hydroxylation sites is 1. The van der Waals surface area contributed by atoms with E-state index in [1.165, 1.54) is 38.5 Å². The summed E-state index contributed by atoms with van der Waals surface area (Å²) >= 11 is 0. The predicted molar refractivity (Wildman–Crippen MR) is 155 cm³/mol. The van der Waals surface area contributed by atoms with E-state index in [1.807, 2.05) is 25.1 Å². The average molecular weight is 580 g/mol. The van der Waals surface area contributed by atoms with Crippen LogP contribution in [0, 0.1) is 6.92 Å². The summed E-state index contributed by atoms with van der Waals surface area (Å²) < 4.78 is 36.5. The molecule has 1 saturated heterocycles. The smallest absolute Gasteiger partial charge is 0.337 e. The quantitative estimate of drug-likeness (QED) is 0.358. The maximum absolute atomic E-state index is 13.3. The maximum Gasteiger partial charge on any atom is 0.337 e. The van der Waals surface area contributed by atoms with Gasteiger partial charge in [0.2, 0.25) is 5.91 Å². The van der Waals surface area contributed by atoms with Crippen LogP contribution in [0.5, 0.6) is 5.75 Å². The minimum absolute atomic E-state index is 0.0129. The van der Waals surface area contributed by atoms with Gasteiger partial charge in [0, 0.05) is 18.3 Å². The molecular formula is C30H33N3O7S. The Bertz CT molecular complexity index is 1560. The molecule has 1 atom stereocenters. The fourth-order valence-corrected chi connectivity index (χ4v) is 6.47. The van der Waals surface area contributed by atoms with Gasteiger partial charge < -0.3 is 25.0 Å². The monoisotopic (exact) mass is 579 g/mol. The van der Waals surface area contributed by atoms with E-state index in [4.69, 9.17) is 9.47 Å². The SMILES string of the molecule is COC(=O)c1cccc(S(=O)(=O)CC2CCCN2C(=O)Cc2ccc(NC(=O)Nc3ccccc3C)c(OC)c2)c1. The van der Waals surface area contributed by atoms with Crippen LogP contribution in [0.4, 0.5) is 16.2 Å². The predicted octanol–water partition coefficient (Wildman–Crippen LogP) is 4.44. The lowest BCUT2D eigenvalue weighted by Crippen LogP contribution is -2.40. The highest BCUT2D eigenvalue weighted by Gasteiger charge is 2.33. The summed E-state index contributed by atoms with van der Waals surface area (Å²) in [5.41, 5.74) is 2.85. The summed E-state index contributed by atoms with van der Waals surface area (Å²) in [4.78, 5) is 39.3. The molecule has 10 nitrogen and oxygen atoms in total. The van der Waals surface area contributed by atoms with Crippen molar-refractivity contribution in [1.82, 2.24) is 4.90 Å². The second-order valence-electron chi connectivity index (χ2n) is 9.79. The Morgan fingerprint density at radius 2 is 1.71 bits per heavy atom. The highest BCUT2D eigenvalue weighted by Crippen LogP contribution is 2.28. The molecule has 1 aliphatic rings. The van der Waals surface area contributed by atoms with Gasteiger partial charge in [-0.25, -0.2) is 18.0 Å². The molecule has 3 aromatic rings. The molecule has 216 valence electrons. The van der Waals surface area contributed by atoms with E-state index in [0.717, 1.165) is 5.56 Å². The van der Waals surface area contributed by atoms with Crippen molar-refractivity contribution in [2.24, 2.45) is 0 Å². The van der Waals surface area contributed by atoms with Gasteiger partial charge in [-0.2, -0.15) is 0 Å². The second kappa shape index (κ2) is 12.9. The number of anilines is 2. The van der Waals surface area contributed by atoms with Crippen molar-refractivity contribution < 1.29 is 32.3 Å². The summed E-state index contributed by atoms with van der Waals surface area (Å²) in [7, 11) is -1.06. The summed E-state index contributed by atoms with van der Waals surface area (Å²) in [5, 5.41) is 5.57. The third-order valence-corrected chi connectivity index (χ3v) is 8.78. The first-order valence-electron chi connectivity index (χ1n) is 13.1. The second-order valence-corrected chi connectivity index (χ2v) is 11.8. The van der Waals surface area contributed by atoms with Crippen LogP contribution >= 0.6 is 0 Å². The van der Waals surface area contributed by atoms with Gasteiger partial charge in [-0.1, -0.05) is 30.3 Å². The number of hydrogen-bond donors (Lipinski definition) is 2. The third kappa shape index (κ3) is 7.23. The molecule has 11 heteroatoms. The van der Waals surface area contributed by atoms with Crippen LogP contribution in [0.2, 0.25) is 0 Å². The number of amides is 3. The Labute approximate surface area is 239 Å². The molecule has 0 saturated carbocycles. The minimum Gasteiger partial charge on any atom is -0.495 e. The van der Waals surface area contributed by atoms with Crippen molar-refractivity contribution in [1.29, 1.82) is 0 Å². The van der Waals surface area contributed by atoms with Crippen LogP contribution in [0.3, 0.4) is 0 Å². The van der Waals surface area contributed by atoms with E-state index in [0.29, 0.717) is 42.1 Å². The number of rotatable bonds is 9. The number of nitrogens with one attached hydrogen (secondary N) is 2. The normalized spacial score (nSPS) is 14.8. The molecule has 1 fully saturated rings. The molecule has 0 spiro atoms. The lowest BCUT2D eigenvalue weighted by molar-refractivity contribution is -0.130. The van der Waals surface area contributed by atoms with Crippen molar-refractivity contribution in [3.05, 3.63) is 83.4 Å². The van der Waals surface area contributed by atoms with Crippen LogP contribution in [0.1, 0.15) is 34.3 Å². The number of benzene rings is 3. The lowest BCUT2D eigenvalue weighted by atomic mass is 10.1. The van der Waals surface area contributed by atoms with Crippen LogP contribution in [0.25, 0.3) is 0 Å². The Morgan fingerprint density at radius 3 is 2.44 bits per heavy atom. The number of ether oxygens (including phenoxy) is 2. The number of urea groups is 1. The average Bonchev–Trinajstić information content (AvgIpc) is 3.42. The first kappa shape index (κ1) is 29.6. The molecule has 2 N–H and O–H groups in total. The van der Waals surface area contributed by atoms with Crippen LogP contribution in [0.15, 0.2) is 71.6 Å². The Morgan fingerprint density at radius 1 is 0.951 bits per heavy atom. The fourth-order valence-electron chi connectivity index (χ4n) is 4.84. The third-order valence-electron chi connectivity index (χ3n) is 6.99. The Kier molecular flexibility index (Phi) is 9.28. The van der Waals surface area contributed by atoms with Gasteiger partial charge in [0.1, 0.15) is 5.75 Å². The molecule has 0 radical (unpaired) electrons. The van der Waals surface area contributed by atoms with E-state index in [1.54, 1.807) is 29.2 Å².